The molecule has 2 heteroatoms. The van der Waals surface area contributed by atoms with Crippen LogP contribution in [-0.4, -0.2) is 31.1 Å². The summed E-state index contributed by atoms with van der Waals surface area (Å²) >= 11 is 0. The van der Waals surface area contributed by atoms with E-state index >= 15 is 0 Å². The lowest BCUT2D eigenvalue weighted by Gasteiger charge is -2.19. The van der Waals surface area contributed by atoms with E-state index in [9.17, 15) is 0 Å². The van der Waals surface area contributed by atoms with Crippen LogP contribution >= 0.6 is 0 Å². The van der Waals surface area contributed by atoms with Crippen LogP contribution in [0.3, 0.4) is 0 Å². The van der Waals surface area contributed by atoms with E-state index in [0.29, 0.717) is 0 Å². The molecule has 0 bridgehead atoms. The zero-order valence-electron chi connectivity index (χ0n) is 12.7. The molecule has 0 unspecified atom stereocenters. The molecule has 106 valence electrons. The quantitative estimate of drug-likeness (QED) is 0.818. The third-order valence-electron chi connectivity index (χ3n) is 3.95. The van der Waals surface area contributed by atoms with Crippen molar-refractivity contribution in [1.29, 1.82) is 0 Å². The molecule has 1 aliphatic rings. The van der Waals surface area contributed by atoms with E-state index in [1.165, 1.54) is 43.6 Å². The van der Waals surface area contributed by atoms with Gasteiger partial charge in [0.25, 0.3) is 0 Å². The average Bonchev–Trinajstić information content (AvgIpc) is 2.87. The fraction of sp³-hybridized carbons (Fsp3) is 0.647. The zero-order valence-corrected chi connectivity index (χ0v) is 12.7. The normalized spacial score (nSPS) is 17.0. The van der Waals surface area contributed by atoms with Crippen LogP contribution in [-0.2, 0) is 12.0 Å². The number of rotatable bonds is 5. The van der Waals surface area contributed by atoms with Gasteiger partial charge in [0.05, 0.1) is 0 Å². The summed E-state index contributed by atoms with van der Waals surface area (Å²) in [6, 6.07) is 9.03. The molecule has 1 aromatic rings. The molecule has 0 amide bonds. The van der Waals surface area contributed by atoms with Crippen LogP contribution in [0.25, 0.3) is 0 Å². The smallest absolute Gasteiger partial charge is 0.0206 e. The van der Waals surface area contributed by atoms with Crippen molar-refractivity contribution in [2.75, 3.05) is 26.2 Å². The van der Waals surface area contributed by atoms with Crippen molar-refractivity contribution < 1.29 is 0 Å². The molecule has 0 atom stereocenters. The van der Waals surface area contributed by atoms with Crippen molar-refractivity contribution in [3.05, 3.63) is 35.4 Å². The number of likely N-dealkylation sites (tertiary alicyclic amines) is 1. The maximum Gasteiger partial charge on any atom is 0.0206 e. The lowest BCUT2D eigenvalue weighted by Crippen LogP contribution is -2.29. The molecule has 1 saturated heterocycles. The largest absolute Gasteiger partial charge is 0.311 e. The van der Waals surface area contributed by atoms with Gasteiger partial charge in [0.15, 0.2) is 0 Å². The Kier molecular flexibility index (Phi) is 5.00. The molecule has 0 aliphatic carbocycles. The van der Waals surface area contributed by atoms with Gasteiger partial charge in [-0.05, 0) is 42.5 Å². The molecule has 1 N–H and O–H groups in total. The topological polar surface area (TPSA) is 15.3 Å². The van der Waals surface area contributed by atoms with E-state index in [1.54, 1.807) is 0 Å². The second kappa shape index (κ2) is 6.53. The summed E-state index contributed by atoms with van der Waals surface area (Å²) in [6.07, 6.45) is 2.77. The van der Waals surface area contributed by atoms with Gasteiger partial charge in [-0.25, -0.2) is 0 Å². The SMILES string of the molecule is CC(C)(C)c1ccc(CNCCN2CCCC2)cc1. The zero-order chi connectivity index (χ0) is 13.7. The summed E-state index contributed by atoms with van der Waals surface area (Å²) in [4.78, 5) is 2.55. The Morgan fingerprint density at radius 1 is 1.05 bits per heavy atom. The van der Waals surface area contributed by atoms with Crippen LogP contribution < -0.4 is 5.32 Å². The molecule has 1 heterocycles. The van der Waals surface area contributed by atoms with Gasteiger partial charge in [-0.1, -0.05) is 45.0 Å². The average molecular weight is 260 g/mol. The standard InChI is InChI=1S/C17H28N2/c1-17(2,3)16-8-6-15(7-9-16)14-18-10-13-19-11-4-5-12-19/h6-9,18H,4-5,10-14H2,1-3H3. The van der Waals surface area contributed by atoms with Gasteiger partial charge in [0.1, 0.15) is 0 Å². The van der Waals surface area contributed by atoms with E-state index in [1.807, 2.05) is 0 Å². The fourth-order valence-electron chi connectivity index (χ4n) is 2.60. The molecular formula is C17H28N2. The molecule has 1 aromatic carbocycles. The molecule has 0 saturated carbocycles. The minimum atomic E-state index is 0.252. The lowest BCUT2D eigenvalue weighted by molar-refractivity contribution is 0.335. The third-order valence-corrected chi connectivity index (χ3v) is 3.95. The lowest BCUT2D eigenvalue weighted by atomic mass is 9.87. The Balaban J connectivity index is 1.71. The second-order valence-corrected chi connectivity index (χ2v) is 6.67. The number of benzene rings is 1. The molecule has 2 rings (SSSR count). The predicted octanol–water partition coefficient (Wildman–Crippen LogP) is 3.17. The van der Waals surface area contributed by atoms with Crippen molar-refractivity contribution in [2.45, 2.75) is 45.6 Å². The number of nitrogens with zero attached hydrogens (tertiary/aromatic N) is 1. The molecule has 1 fully saturated rings. The van der Waals surface area contributed by atoms with Crippen LogP contribution in [0.2, 0.25) is 0 Å². The summed E-state index contributed by atoms with van der Waals surface area (Å²) in [7, 11) is 0. The Hall–Kier alpha value is -0.860. The summed E-state index contributed by atoms with van der Waals surface area (Å²) < 4.78 is 0. The Morgan fingerprint density at radius 2 is 1.68 bits per heavy atom. The predicted molar refractivity (Wildman–Crippen MR) is 82.5 cm³/mol. The monoisotopic (exact) mass is 260 g/mol. The van der Waals surface area contributed by atoms with Crippen LogP contribution in [0.4, 0.5) is 0 Å². The van der Waals surface area contributed by atoms with Gasteiger partial charge in [0, 0.05) is 19.6 Å². The van der Waals surface area contributed by atoms with E-state index in [2.05, 4.69) is 55.3 Å². The molecule has 0 spiro atoms. The van der Waals surface area contributed by atoms with E-state index in [4.69, 9.17) is 0 Å². The third kappa shape index (κ3) is 4.63. The van der Waals surface area contributed by atoms with Crippen molar-refractivity contribution >= 4 is 0 Å². The van der Waals surface area contributed by atoms with Crippen molar-refractivity contribution in [1.82, 2.24) is 10.2 Å². The van der Waals surface area contributed by atoms with Crippen molar-refractivity contribution in [3.63, 3.8) is 0 Å². The van der Waals surface area contributed by atoms with E-state index in [0.717, 1.165) is 13.1 Å². The molecular weight excluding hydrogens is 232 g/mol. The second-order valence-electron chi connectivity index (χ2n) is 6.67. The van der Waals surface area contributed by atoms with Crippen LogP contribution in [0.5, 0.6) is 0 Å². The minimum Gasteiger partial charge on any atom is -0.311 e. The number of hydrogen-bond donors (Lipinski definition) is 1. The first-order valence-corrected chi connectivity index (χ1v) is 7.58. The first-order chi connectivity index (χ1) is 9.05. The summed E-state index contributed by atoms with van der Waals surface area (Å²) in [5.41, 5.74) is 3.05. The number of nitrogens with one attached hydrogen (secondary N) is 1. The van der Waals surface area contributed by atoms with Gasteiger partial charge < -0.3 is 10.2 Å². The molecule has 0 aromatic heterocycles. The van der Waals surface area contributed by atoms with Gasteiger partial charge >= 0.3 is 0 Å². The maximum absolute atomic E-state index is 3.55. The van der Waals surface area contributed by atoms with Gasteiger partial charge in [0.2, 0.25) is 0 Å². The first-order valence-electron chi connectivity index (χ1n) is 7.58. The molecule has 0 radical (unpaired) electrons. The van der Waals surface area contributed by atoms with E-state index in [-0.39, 0.29) is 5.41 Å². The summed E-state index contributed by atoms with van der Waals surface area (Å²) in [5, 5.41) is 3.55. The highest BCUT2D eigenvalue weighted by Gasteiger charge is 2.13. The van der Waals surface area contributed by atoms with Crippen LogP contribution in [0.1, 0.15) is 44.7 Å². The minimum absolute atomic E-state index is 0.252. The van der Waals surface area contributed by atoms with Crippen molar-refractivity contribution in [2.24, 2.45) is 0 Å². The Bertz CT molecular complexity index is 369. The maximum atomic E-state index is 3.55. The summed E-state index contributed by atoms with van der Waals surface area (Å²) in [6.45, 7) is 12.6. The van der Waals surface area contributed by atoms with Crippen LogP contribution in [0, 0.1) is 0 Å². The van der Waals surface area contributed by atoms with Gasteiger partial charge in [-0.15, -0.1) is 0 Å². The molecule has 1 aliphatic heterocycles. The highest BCUT2D eigenvalue weighted by Crippen LogP contribution is 2.22. The number of hydrogen-bond acceptors (Lipinski definition) is 2. The van der Waals surface area contributed by atoms with Gasteiger partial charge in [-0.2, -0.15) is 0 Å². The highest BCUT2D eigenvalue weighted by atomic mass is 15.1. The van der Waals surface area contributed by atoms with E-state index < -0.39 is 0 Å². The van der Waals surface area contributed by atoms with Gasteiger partial charge in [-0.3, -0.25) is 0 Å². The van der Waals surface area contributed by atoms with Crippen LogP contribution in [0.15, 0.2) is 24.3 Å². The Labute approximate surface area is 118 Å². The first kappa shape index (κ1) is 14.5. The van der Waals surface area contributed by atoms with Crippen molar-refractivity contribution in [3.8, 4) is 0 Å². The fourth-order valence-corrected chi connectivity index (χ4v) is 2.60. The summed E-state index contributed by atoms with van der Waals surface area (Å²) in [5.74, 6) is 0. The Morgan fingerprint density at radius 3 is 2.26 bits per heavy atom. The molecule has 2 nitrogen and oxygen atoms in total. The molecule has 19 heavy (non-hydrogen) atoms. The highest BCUT2D eigenvalue weighted by molar-refractivity contribution is 5.27.